The fourth-order valence-electron chi connectivity index (χ4n) is 1.66. The molecule has 5 heteroatoms. The molecule has 0 unspecified atom stereocenters. The number of ether oxygens (including phenoxy) is 1. The smallest absolute Gasteiger partial charge is 0.258 e. The molecule has 100 valence electrons. The van der Waals surface area contributed by atoms with Gasteiger partial charge in [-0.05, 0) is 38.1 Å². The molecule has 0 aliphatic heterocycles. The van der Waals surface area contributed by atoms with Crippen LogP contribution in [-0.4, -0.2) is 22.3 Å². The highest BCUT2D eigenvalue weighted by Gasteiger charge is 2.08. The van der Waals surface area contributed by atoms with Crippen LogP contribution in [-0.2, 0) is 6.54 Å². The third-order valence-electron chi connectivity index (χ3n) is 2.64. The Balaban J connectivity index is 2.01. The minimum Gasteiger partial charge on any atom is -0.494 e. The number of nitrogens with one attached hydrogen (secondary N) is 1. The summed E-state index contributed by atoms with van der Waals surface area (Å²) in [5.41, 5.74) is 1.29. The average Bonchev–Trinajstić information content (AvgIpc) is 2.90. The van der Waals surface area contributed by atoms with Crippen LogP contribution in [0.25, 0.3) is 0 Å². The van der Waals surface area contributed by atoms with Crippen LogP contribution in [0.2, 0.25) is 0 Å². The largest absolute Gasteiger partial charge is 0.494 e. The maximum absolute atomic E-state index is 12.0. The molecule has 19 heavy (non-hydrogen) atoms. The molecule has 1 heterocycles. The van der Waals surface area contributed by atoms with E-state index in [9.17, 15) is 4.79 Å². The van der Waals surface area contributed by atoms with Gasteiger partial charge in [0.15, 0.2) is 0 Å². The molecular formula is C14H17N3O2. The molecule has 0 bridgehead atoms. The monoisotopic (exact) mass is 259 g/mol. The number of hydrogen-bond acceptors (Lipinski definition) is 3. The van der Waals surface area contributed by atoms with E-state index in [0.29, 0.717) is 12.2 Å². The maximum Gasteiger partial charge on any atom is 0.258 e. The quantitative estimate of drug-likeness (QED) is 0.897. The molecule has 0 fully saturated rings. The lowest BCUT2D eigenvalue weighted by Crippen LogP contribution is -2.11. The number of aryl methyl sites for hydroxylation is 1. The summed E-state index contributed by atoms with van der Waals surface area (Å²) in [6.07, 6.45) is 3.29. The second kappa shape index (κ2) is 6.04. The first-order valence-corrected chi connectivity index (χ1v) is 6.29. The molecule has 0 radical (unpaired) electrons. The molecule has 1 amide bonds. The summed E-state index contributed by atoms with van der Waals surface area (Å²) in [5, 5.41) is 6.89. The Bertz CT molecular complexity index is 546. The molecule has 1 aromatic carbocycles. The molecule has 0 saturated carbocycles. The first kappa shape index (κ1) is 13.1. The SMILES string of the molecule is CCOc1ccc(NC(=O)c2cnn(CC)c2)cc1. The zero-order chi connectivity index (χ0) is 13.7. The molecule has 1 aromatic heterocycles. The van der Waals surface area contributed by atoms with E-state index in [0.717, 1.165) is 18.0 Å². The predicted molar refractivity (Wildman–Crippen MR) is 73.5 cm³/mol. The average molecular weight is 259 g/mol. The van der Waals surface area contributed by atoms with Crippen molar-refractivity contribution in [3.05, 3.63) is 42.2 Å². The van der Waals surface area contributed by atoms with Crippen molar-refractivity contribution < 1.29 is 9.53 Å². The van der Waals surface area contributed by atoms with Crippen LogP contribution in [0.4, 0.5) is 5.69 Å². The fourth-order valence-corrected chi connectivity index (χ4v) is 1.66. The summed E-state index contributed by atoms with van der Waals surface area (Å²) >= 11 is 0. The number of benzene rings is 1. The Morgan fingerprint density at radius 3 is 2.63 bits per heavy atom. The van der Waals surface area contributed by atoms with Crippen molar-refractivity contribution in [3.8, 4) is 5.75 Å². The van der Waals surface area contributed by atoms with Gasteiger partial charge < -0.3 is 10.1 Å². The summed E-state index contributed by atoms with van der Waals surface area (Å²) in [6.45, 7) is 5.28. The highest BCUT2D eigenvalue weighted by molar-refractivity contribution is 6.03. The molecule has 0 saturated heterocycles. The summed E-state index contributed by atoms with van der Waals surface area (Å²) in [4.78, 5) is 12.0. The van der Waals surface area contributed by atoms with Crippen LogP contribution in [0.1, 0.15) is 24.2 Å². The third-order valence-corrected chi connectivity index (χ3v) is 2.64. The van der Waals surface area contributed by atoms with E-state index in [2.05, 4.69) is 10.4 Å². The number of carbonyl (C=O) groups excluding carboxylic acids is 1. The van der Waals surface area contributed by atoms with Gasteiger partial charge in [-0.3, -0.25) is 9.48 Å². The number of rotatable bonds is 5. The van der Waals surface area contributed by atoms with E-state index in [-0.39, 0.29) is 5.91 Å². The van der Waals surface area contributed by atoms with Gasteiger partial charge in [-0.1, -0.05) is 0 Å². The van der Waals surface area contributed by atoms with Crippen LogP contribution in [0.15, 0.2) is 36.7 Å². The molecule has 0 spiro atoms. The van der Waals surface area contributed by atoms with Gasteiger partial charge in [-0.15, -0.1) is 0 Å². The minimum absolute atomic E-state index is 0.163. The van der Waals surface area contributed by atoms with Gasteiger partial charge >= 0.3 is 0 Å². The lowest BCUT2D eigenvalue weighted by Gasteiger charge is -2.06. The zero-order valence-electron chi connectivity index (χ0n) is 11.1. The van der Waals surface area contributed by atoms with Crippen molar-refractivity contribution in [2.45, 2.75) is 20.4 Å². The molecule has 0 atom stereocenters. The Kier molecular flexibility index (Phi) is 4.18. The van der Waals surface area contributed by atoms with Gasteiger partial charge in [-0.25, -0.2) is 0 Å². The van der Waals surface area contributed by atoms with Crippen LogP contribution >= 0.6 is 0 Å². The van der Waals surface area contributed by atoms with Gasteiger partial charge in [0.05, 0.1) is 18.4 Å². The number of hydrogen-bond donors (Lipinski definition) is 1. The summed E-state index contributed by atoms with van der Waals surface area (Å²) in [7, 11) is 0. The summed E-state index contributed by atoms with van der Waals surface area (Å²) in [6, 6.07) is 7.28. The van der Waals surface area contributed by atoms with E-state index < -0.39 is 0 Å². The van der Waals surface area contributed by atoms with Crippen molar-refractivity contribution in [2.75, 3.05) is 11.9 Å². The topological polar surface area (TPSA) is 56.1 Å². The van der Waals surface area contributed by atoms with Gasteiger partial charge in [0.2, 0.25) is 0 Å². The number of nitrogens with zero attached hydrogens (tertiary/aromatic N) is 2. The van der Waals surface area contributed by atoms with Crippen molar-refractivity contribution in [3.63, 3.8) is 0 Å². The van der Waals surface area contributed by atoms with Crippen LogP contribution in [0.5, 0.6) is 5.75 Å². The molecule has 0 aliphatic carbocycles. The van der Waals surface area contributed by atoms with Crippen molar-refractivity contribution in [1.82, 2.24) is 9.78 Å². The van der Waals surface area contributed by atoms with E-state index in [1.807, 2.05) is 38.1 Å². The van der Waals surface area contributed by atoms with Crippen LogP contribution in [0.3, 0.4) is 0 Å². The van der Waals surface area contributed by atoms with Gasteiger partial charge in [-0.2, -0.15) is 5.10 Å². The Labute approximate surface area is 112 Å². The summed E-state index contributed by atoms with van der Waals surface area (Å²) in [5.74, 6) is 0.628. The first-order chi connectivity index (χ1) is 9.22. The molecular weight excluding hydrogens is 242 g/mol. The number of aromatic nitrogens is 2. The normalized spacial score (nSPS) is 10.2. The lowest BCUT2D eigenvalue weighted by molar-refractivity contribution is 0.102. The van der Waals surface area contributed by atoms with Crippen molar-refractivity contribution >= 4 is 11.6 Å². The fraction of sp³-hybridized carbons (Fsp3) is 0.286. The standard InChI is InChI=1S/C14H17N3O2/c1-3-17-10-11(9-15-17)14(18)16-12-5-7-13(8-6-12)19-4-2/h5-10H,3-4H2,1-2H3,(H,16,18). The van der Waals surface area contributed by atoms with Gasteiger partial charge in [0, 0.05) is 18.4 Å². The van der Waals surface area contributed by atoms with Crippen LogP contribution in [0, 0.1) is 0 Å². The molecule has 2 rings (SSSR count). The molecule has 5 nitrogen and oxygen atoms in total. The minimum atomic E-state index is -0.163. The van der Waals surface area contributed by atoms with Crippen LogP contribution < -0.4 is 10.1 Å². The second-order valence-electron chi connectivity index (χ2n) is 4.00. The highest BCUT2D eigenvalue weighted by atomic mass is 16.5. The van der Waals surface area contributed by atoms with E-state index in [4.69, 9.17) is 4.74 Å². The molecule has 1 N–H and O–H groups in total. The number of anilines is 1. The Hall–Kier alpha value is -2.30. The maximum atomic E-state index is 12.0. The predicted octanol–water partition coefficient (Wildman–Crippen LogP) is 2.55. The Morgan fingerprint density at radius 2 is 2.05 bits per heavy atom. The molecule has 2 aromatic rings. The van der Waals surface area contributed by atoms with Crippen molar-refractivity contribution in [2.24, 2.45) is 0 Å². The van der Waals surface area contributed by atoms with E-state index in [1.165, 1.54) is 0 Å². The van der Waals surface area contributed by atoms with E-state index >= 15 is 0 Å². The van der Waals surface area contributed by atoms with Crippen molar-refractivity contribution in [1.29, 1.82) is 0 Å². The zero-order valence-corrected chi connectivity index (χ0v) is 11.1. The van der Waals surface area contributed by atoms with E-state index in [1.54, 1.807) is 17.1 Å². The number of amides is 1. The first-order valence-electron chi connectivity index (χ1n) is 6.29. The highest BCUT2D eigenvalue weighted by Crippen LogP contribution is 2.16. The third kappa shape index (κ3) is 3.34. The number of carbonyl (C=O) groups is 1. The second-order valence-corrected chi connectivity index (χ2v) is 4.00. The lowest BCUT2D eigenvalue weighted by atomic mass is 10.2. The Morgan fingerprint density at radius 1 is 1.32 bits per heavy atom. The van der Waals surface area contributed by atoms with Gasteiger partial charge in [0.1, 0.15) is 5.75 Å². The van der Waals surface area contributed by atoms with Gasteiger partial charge in [0.25, 0.3) is 5.91 Å². The summed E-state index contributed by atoms with van der Waals surface area (Å²) < 4.78 is 7.06. The molecule has 0 aliphatic rings.